The number of piperidine rings is 1. The van der Waals surface area contributed by atoms with Crippen molar-refractivity contribution in [1.29, 1.82) is 0 Å². The Labute approximate surface area is 117 Å². The van der Waals surface area contributed by atoms with Crippen LogP contribution in [0.5, 0.6) is 0 Å². The maximum absolute atomic E-state index is 3.79. The summed E-state index contributed by atoms with van der Waals surface area (Å²) in [6.07, 6.45) is 9.85. The topological polar surface area (TPSA) is 24.1 Å². The first-order chi connectivity index (χ1) is 8.84. The molecule has 0 spiro atoms. The molecule has 106 valence electrons. The summed E-state index contributed by atoms with van der Waals surface area (Å²) in [5.41, 5.74) is 0. The van der Waals surface area contributed by atoms with Gasteiger partial charge >= 0.3 is 0 Å². The molecule has 1 saturated heterocycles. The van der Waals surface area contributed by atoms with Crippen molar-refractivity contribution in [2.45, 2.75) is 63.2 Å². The van der Waals surface area contributed by atoms with E-state index in [0.29, 0.717) is 0 Å². The summed E-state index contributed by atoms with van der Waals surface area (Å²) >= 11 is 2.19. The summed E-state index contributed by atoms with van der Waals surface area (Å²) in [5, 5.41) is 8.14. The zero-order valence-corrected chi connectivity index (χ0v) is 12.7. The second-order valence-electron chi connectivity index (χ2n) is 6.08. The summed E-state index contributed by atoms with van der Waals surface area (Å²) in [4.78, 5) is 0. The first kappa shape index (κ1) is 14.7. The van der Waals surface area contributed by atoms with Gasteiger partial charge in [-0.05, 0) is 51.1 Å². The average Bonchev–Trinajstić information content (AvgIpc) is 2.61. The molecule has 1 aliphatic carbocycles. The maximum atomic E-state index is 3.79. The standard InChI is InChI=1S/C15H30N2S/c1-13-3-2-4-14(6-5-13)17-11-12-18-15-7-9-16-10-8-15/h13-17H,2-12H2,1H3. The number of rotatable bonds is 5. The number of hydrogen-bond donors (Lipinski definition) is 2. The summed E-state index contributed by atoms with van der Waals surface area (Å²) < 4.78 is 0. The van der Waals surface area contributed by atoms with E-state index in [1.165, 1.54) is 70.3 Å². The van der Waals surface area contributed by atoms with Gasteiger partial charge in [0, 0.05) is 23.6 Å². The molecule has 0 bridgehead atoms. The lowest BCUT2D eigenvalue weighted by Gasteiger charge is -2.23. The van der Waals surface area contributed by atoms with Crippen LogP contribution in [0.2, 0.25) is 0 Å². The highest BCUT2D eigenvalue weighted by Gasteiger charge is 2.16. The number of hydrogen-bond acceptors (Lipinski definition) is 3. The smallest absolute Gasteiger partial charge is 0.00716 e. The summed E-state index contributed by atoms with van der Waals surface area (Å²) in [7, 11) is 0. The van der Waals surface area contributed by atoms with Crippen molar-refractivity contribution in [3.05, 3.63) is 0 Å². The Kier molecular flexibility index (Phi) is 6.88. The first-order valence-electron chi connectivity index (χ1n) is 7.90. The largest absolute Gasteiger partial charge is 0.317 e. The molecule has 0 amide bonds. The van der Waals surface area contributed by atoms with Crippen molar-refractivity contribution >= 4 is 11.8 Å². The molecule has 2 nitrogen and oxygen atoms in total. The van der Waals surface area contributed by atoms with Crippen molar-refractivity contribution in [1.82, 2.24) is 10.6 Å². The Hall–Kier alpha value is 0.270. The minimum Gasteiger partial charge on any atom is -0.317 e. The third-order valence-electron chi connectivity index (χ3n) is 4.43. The summed E-state index contributed by atoms with van der Waals surface area (Å²) in [5.74, 6) is 2.26. The van der Waals surface area contributed by atoms with E-state index in [1.807, 2.05) is 0 Å². The van der Waals surface area contributed by atoms with Gasteiger partial charge in [0.1, 0.15) is 0 Å². The van der Waals surface area contributed by atoms with Crippen LogP contribution in [0.15, 0.2) is 0 Å². The van der Waals surface area contributed by atoms with Crippen LogP contribution in [0.3, 0.4) is 0 Å². The van der Waals surface area contributed by atoms with Gasteiger partial charge in [0.15, 0.2) is 0 Å². The molecule has 1 heterocycles. The minimum absolute atomic E-state index is 0.809. The molecule has 2 aliphatic rings. The monoisotopic (exact) mass is 270 g/mol. The molecular formula is C15H30N2S. The summed E-state index contributed by atoms with van der Waals surface area (Å²) in [6.45, 7) is 6.08. The predicted molar refractivity (Wildman–Crippen MR) is 82.4 cm³/mol. The Balaban J connectivity index is 1.51. The van der Waals surface area contributed by atoms with Gasteiger partial charge < -0.3 is 10.6 Å². The second kappa shape index (κ2) is 8.44. The predicted octanol–water partition coefficient (Wildman–Crippen LogP) is 3.03. The van der Waals surface area contributed by atoms with Crippen molar-refractivity contribution in [2.75, 3.05) is 25.4 Å². The normalized spacial score (nSPS) is 31.2. The van der Waals surface area contributed by atoms with Gasteiger partial charge in [-0.15, -0.1) is 0 Å². The van der Waals surface area contributed by atoms with Crippen molar-refractivity contribution in [3.8, 4) is 0 Å². The molecule has 1 saturated carbocycles. The molecule has 0 aromatic rings. The third-order valence-corrected chi connectivity index (χ3v) is 5.81. The number of thioether (sulfide) groups is 1. The van der Waals surface area contributed by atoms with Gasteiger partial charge in [-0.1, -0.05) is 19.8 Å². The lowest BCUT2D eigenvalue weighted by molar-refractivity contribution is 0.458. The van der Waals surface area contributed by atoms with E-state index in [-0.39, 0.29) is 0 Å². The fourth-order valence-corrected chi connectivity index (χ4v) is 4.28. The molecule has 2 atom stereocenters. The molecule has 3 heteroatoms. The Bertz CT molecular complexity index is 217. The van der Waals surface area contributed by atoms with Gasteiger partial charge in [-0.3, -0.25) is 0 Å². The second-order valence-corrected chi connectivity index (χ2v) is 7.49. The minimum atomic E-state index is 0.809. The Morgan fingerprint density at radius 1 is 1.06 bits per heavy atom. The van der Waals surface area contributed by atoms with Gasteiger partial charge in [0.05, 0.1) is 0 Å². The lowest BCUT2D eigenvalue weighted by atomic mass is 10.0. The van der Waals surface area contributed by atoms with Gasteiger partial charge in [-0.25, -0.2) is 0 Å². The Morgan fingerprint density at radius 2 is 1.89 bits per heavy atom. The SMILES string of the molecule is CC1CCCC(NCCSC2CCNCC2)CC1. The van der Waals surface area contributed by atoms with Crippen molar-refractivity contribution < 1.29 is 0 Å². The zero-order valence-electron chi connectivity index (χ0n) is 11.9. The van der Waals surface area contributed by atoms with E-state index in [2.05, 4.69) is 29.3 Å². The molecule has 2 N–H and O–H groups in total. The van der Waals surface area contributed by atoms with Gasteiger partial charge in [-0.2, -0.15) is 11.8 Å². The van der Waals surface area contributed by atoms with Crippen LogP contribution in [0, 0.1) is 5.92 Å². The maximum Gasteiger partial charge on any atom is 0.00716 e. The fourth-order valence-electron chi connectivity index (χ4n) is 3.14. The molecule has 1 aliphatic heterocycles. The fraction of sp³-hybridized carbons (Fsp3) is 1.00. The van der Waals surface area contributed by atoms with Crippen LogP contribution in [0.25, 0.3) is 0 Å². The van der Waals surface area contributed by atoms with Crippen molar-refractivity contribution in [2.24, 2.45) is 5.92 Å². The molecule has 0 aromatic carbocycles. The highest BCUT2D eigenvalue weighted by atomic mass is 32.2. The van der Waals surface area contributed by atoms with E-state index < -0.39 is 0 Å². The molecule has 2 unspecified atom stereocenters. The van der Waals surface area contributed by atoms with E-state index in [1.54, 1.807) is 0 Å². The van der Waals surface area contributed by atoms with E-state index in [0.717, 1.165) is 17.2 Å². The van der Waals surface area contributed by atoms with Gasteiger partial charge in [0.2, 0.25) is 0 Å². The highest BCUT2D eigenvalue weighted by Crippen LogP contribution is 2.23. The molecule has 18 heavy (non-hydrogen) atoms. The zero-order chi connectivity index (χ0) is 12.6. The molecular weight excluding hydrogens is 240 g/mol. The number of nitrogens with one attached hydrogen (secondary N) is 2. The van der Waals surface area contributed by atoms with E-state index >= 15 is 0 Å². The highest BCUT2D eigenvalue weighted by molar-refractivity contribution is 7.99. The first-order valence-corrected chi connectivity index (χ1v) is 8.95. The summed E-state index contributed by atoms with van der Waals surface area (Å²) in [6, 6.07) is 0.809. The van der Waals surface area contributed by atoms with Crippen LogP contribution in [-0.4, -0.2) is 36.7 Å². The van der Waals surface area contributed by atoms with Crippen LogP contribution in [0.4, 0.5) is 0 Å². The van der Waals surface area contributed by atoms with Crippen LogP contribution >= 0.6 is 11.8 Å². The van der Waals surface area contributed by atoms with Crippen LogP contribution in [-0.2, 0) is 0 Å². The van der Waals surface area contributed by atoms with Crippen LogP contribution < -0.4 is 10.6 Å². The molecule has 2 fully saturated rings. The Morgan fingerprint density at radius 3 is 2.72 bits per heavy atom. The van der Waals surface area contributed by atoms with Crippen LogP contribution in [0.1, 0.15) is 51.9 Å². The lowest BCUT2D eigenvalue weighted by Crippen LogP contribution is -2.32. The van der Waals surface area contributed by atoms with Crippen molar-refractivity contribution in [3.63, 3.8) is 0 Å². The quantitative estimate of drug-likeness (QED) is 0.593. The van der Waals surface area contributed by atoms with Gasteiger partial charge in [0.25, 0.3) is 0 Å². The molecule has 0 aromatic heterocycles. The van der Waals surface area contributed by atoms with E-state index in [9.17, 15) is 0 Å². The van der Waals surface area contributed by atoms with E-state index in [4.69, 9.17) is 0 Å². The average molecular weight is 270 g/mol. The molecule has 2 rings (SSSR count). The third kappa shape index (κ3) is 5.50. The molecule has 0 radical (unpaired) electrons.